The van der Waals surface area contributed by atoms with Crippen LogP contribution in [0, 0.1) is 0 Å². The van der Waals surface area contributed by atoms with E-state index in [1.807, 2.05) is 0 Å². The summed E-state index contributed by atoms with van der Waals surface area (Å²) in [5, 5.41) is 1.02. The first-order valence-corrected chi connectivity index (χ1v) is 6.99. The lowest BCUT2D eigenvalue weighted by atomic mass is 10.1. The molecule has 1 atom stereocenters. The summed E-state index contributed by atoms with van der Waals surface area (Å²) in [5.74, 6) is 1.33. The van der Waals surface area contributed by atoms with Crippen molar-refractivity contribution in [2.24, 2.45) is 5.73 Å². The van der Waals surface area contributed by atoms with E-state index in [-0.39, 0.29) is 0 Å². The predicted octanol–water partition coefficient (Wildman–Crippen LogP) is 1.70. The van der Waals surface area contributed by atoms with Crippen LogP contribution in [-0.2, 0) is 0 Å². The fourth-order valence-electron chi connectivity index (χ4n) is 1.99. The Labute approximate surface area is 91.6 Å². The van der Waals surface area contributed by atoms with E-state index >= 15 is 0 Å². The Balaban J connectivity index is 1.58. The average Bonchev–Trinajstić information content (AvgIpc) is 2.96. The topological polar surface area (TPSA) is 29.3 Å². The summed E-state index contributed by atoms with van der Waals surface area (Å²) < 4.78 is 0. The number of hydrogen-bond donors (Lipinski definition) is 1. The molecule has 2 N–H and O–H groups in total. The maximum Gasteiger partial charge on any atom is 0.00725 e. The molecule has 2 rings (SSSR count). The van der Waals surface area contributed by atoms with Crippen molar-refractivity contribution in [3.05, 3.63) is 0 Å². The number of rotatable bonds is 4. The molecule has 1 saturated heterocycles. The highest BCUT2D eigenvalue weighted by Gasteiger charge is 2.21. The van der Waals surface area contributed by atoms with Gasteiger partial charge in [-0.15, -0.1) is 0 Å². The molecule has 14 heavy (non-hydrogen) atoms. The summed E-state index contributed by atoms with van der Waals surface area (Å²) >= 11 is 2.17. The van der Waals surface area contributed by atoms with E-state index in [1.54, 1.807) is 0 Å². The maximum absolute atomic E-state index is 5.95. The molecule has 2 aliphatic rings. The molecule has 1 unspecified atom stereocenters. The van der Waals surface area contributed by atoms with Crippen LogP contribution in [0.5, 0.6) is 0 Å². The highest BCUT2D eigenvalue weighted by molar-refractivity contribution is 8.00. The van der Waals surface area contributed by atoms with E-state index in [4.69, 9.17) is 5.73 Å². The third-order valence-corrected chi connectivity index (χ3v) is 4.51. The Hall–Kier alpha value is 0.270. The van der Waals surface area contributed by atoms with Crippen LogP contribution in [0.25, 0.3) is 0 Å². The molecule has 0 spiro atoms. The van der Waals surface area contributed by atoms with Crippen LogP contribution in [0.3, 0.4) is 0 Å². The number of thioether (sulfide) groups is 1. The zero-order chi connectivity index (χ0) is 9.80. The zero-order valence-corrected chi connectivity index (χ0v) is 9.77. The van der Waals surface area contributed by atoms with Crippen molar-refractivity contribution in [1.29, 1.82) is 0 Å². The van der Waals surface area contributed by atoms with Crippen LogP contribution in [0.1, 0.15) is 32.1 Å². The van der Waals surface area contributed by atoms with Crippen molar-refractivity contribution in [2.45, 2.75) is 43.4 Å². The number of hydrogen-bond acceptors (Lipinski definition) is 3. The summed E-state index contributed by atoms with van der Waals surface area (Å²) in [5.41, 5.74) is 5.95. The van der Waals surface area contributed by atoms with Gasteiger partial charge in [0.15, 0.2) is 0 Å². The van der Waals surface area contributed by atoms with Crippen LogP contribution in [0.4, 0.5) is 0 Å². The zero-order valence-electron chi connectivity index (χ0n) is 8.95. The van der Waals surface area contributed by atoms with Crippen molar-refractivity contribution in [3.63, 3.8) is 0 Å². The molecule has 0 aromatic rings. The second kappa shape index (κ2) is 5.38. The van der Waals surface area contributed by atoms with Crippen LogP contribution >= 0.6 is 11.8 Å². The number of nitrogens with zero attached hydrogens (tertiary/aromatic N) is 1. The lowest BCUT2D eigenvalue weighted by Crippen LogP contribution is -2.28. The minimum absolute atomic E-state index is 0.469. The van der Waals surface area contributed by atoms with Gasteiger partial charge in [0.05, 0.1) is 0 Å². The first-order chi connectivity index (χ1) is 6.84. The van der Waals surface area contributed by atoms with Crippen molar-refractivity contribution < 1.29 is 0 Å². The quantitative estimate of drug-likeness (QED) is 0.772. The Morgan fingerprint density at radius 2 is 2.00 bits per heavy atom. The van der Waals surface area contributed by atoms with Gasteiger partial charge >= 0.3 is 0 Å². The van der Waals surface area contributed by atoms with E-state index in [0.717, 1.165) is 5.25 Å². The standard InChI is InChI=1S/C11H22N2S/c12-10-2-1-6-13(7-5-10)8-9-14-11-3-4-11/h10-11H,1-9,12H2. The summed E-state index contributed by atoms with van der Waals surface area (Å²) in [6.07, 6.45) is 6.67. The minimum Gasteiger partial charge on any atom is -0.328 e. The molecule has 1 aliphatic carbocycles. The highest BCUT2D eigenvalue weighted by Crippen LogP contribution is 2.33. The first-order valence-electron chi connectivity index (χ1n) is 5.94. The minimum atomic E-state index is 0.469. The molecule has 2 fully saturated rings. The van der Waals surface area contributed by atoms with Crippen molar-refractivity contribution >= 4 is 11.8 Å². The molecule has 2 nitrogen and oxygen atoms in total. The van der Waals surface area contributed by atoms with Gasteiger partial charge in [-0.05, 0) is 45.2 Å². The summed E-state index contributed by atoms with van der Waals surface area (Å²) in [7, 11) is 0. The molecule has 1 saturated carbocycles. The fraction of sp³-hybridized carbons (Fsp3) is 1.00. The number of nitrogens with two attached hydrogens (primary N) is 1. The predicted molar refractivity (Wildman–Crippen MR) is 63.7 cm³/mol. The van der Waals surface area contributed by atoms with Crippen molar-refractivity contribution in [1.82, 2.24) is 4.90 Å². The Bertz CT molecular complexity index is 171. The molecule has 1 aliphatic heterocycles. The Morgan fingerprint density at radius 1 is 1.14 bits per heavy atom. The highest BCUT2D eigenvalue weighted by atomic mass is 32.2. The lowest BCUT2D eigenvalue weighted by molar-refractivity contribution is 0.302. The van der Waals surface area contributed by atoms with E-state index in [9.17, 15) is 0 Å². The van der Waals surface area contributed by atoms with Gasteiger partial charge in [0.25, 0.3) is 0 Å². The number of likely N-dealkylation sites (tertiary alicyclic amines) is 1. The van der Waals surface area contributed by atoms with Crippen molar-refractivity contribution in [3.8, 4) is 0 Å². The van der Waals surface area contributed by atoms with Gasteiger partial charge in [0, 0.05) is 23.6 Å². The van der Waals surface area contributed by atoms with E-state index in [1.165, 1.54) is 57.5 Å². The monoisotopic (exact) mass is 214 g/mol. The van der Waals surface area contributed by atoms with E-state index in [2.05, 4.69) is 16.7 Å². The smallest absolute Gasteiger partial charge is 0.00725 e. The van der Waals surface area contributed by atoms with Crippen LogP contribution in [0.15, 0.2) is 0 Å². The molecular weight excluding hydrogens is 192 g/mol. The third kappa shape index (κ3) is 3.79. The van der Waals surface area contributed by atoms with Gasteiger partial charge in [0.1, 0.15) is 0 Å². The molecule has 82 valence electrons. The normalized spacial score (nSPS) is 30.2. The Morgan fingerprint density at radius 3 is 2.79 bits per heavy atom. The Kier molecular flexibility index (Phi) is 4.14. The average molecular weight is 214 g/mol. The third-order valence-electron chi connectivity index (χ3n) is 3.15. The van der Waals surface area contributed by atoms with Gasteiger partial charge in [-0.1, -0.05) is 0 Å². The summed E-state index contributed by atoms with van der Waals surface area (Å²) in [6.45, 7) is 3.79. The summed E-state index contributed by atoms with van der Waals surface area (Å²) in [6, 6.07) is 0.469. The second-order valence-electron chi connectivity index (χ2n) is 4.60. The molecule has 1 heterocycles. The molecular formula is C11H22N2S. The van der Waals surface area contributed by atoms with Gasteiger partial charge < -0.3 is 10.6 Å². The lowest BCUT2D eigenvalue weighted by Gasteiger charge is -2.19. The van der Waals surface area contributed by atoms with E-state index < -0.39 is 0 Å². The van der Waals surface area contributed by atoms with Crippen LogP contribution < -0.4 is 5.73 Å². The molecule has 3 heteroatoms. The summed E-state index contributed by atoms with van der Waals surface area (Å²) in [4.78, 5) is 2.60. The molecule has 0 amide bonds. The molecule has 0 bridgehead atoms. The largest absolute Gasteiger partial charge is 0.328 e. The molecule has 0 aromatic carbocycles. The maximum atomic E-state index is 5.95. The van der Waals surface area contributed by atoms with Gasteiger partial charge in [-0.25, -0.2) is 0 Å². The second-order valence-corrected chi connectivity index (χ2v) is 6.01. The van der Waals surface area contributed by atoms with Crippen LogP contribution in [0.2, 0.25) is 0 Å². The van der Waals surface area contributed by atoms with Gasteiger partial charge in [0.2, 0.25) is 0 Å². The van der Waals surface area contributed by atoms with Gasteiger partial charge in [-0.3, -0.25) is 0 Å². The first kappa shape index (κ1) is 10.8. The van der Waals surface area contributed by atoms with Gasteiger partial charge in [-0.2, -0.15) is 11.8 Å². The van der Waals surface area contributed by atoms with Crippen LogP contribution in [-0.4, -0.2) is 41.6 Å². The van der Waals surface area contributed by atoms with Crippen molar-refractivity contribution in [2.75, 3.05) is 25.4 Å². The molecule has 0 aromatic heterocycles. The fourth-order valence-corrected chi connectivity index (χ4v) is 3.15. The molecule has 0 radical (unpaired) electrons. The SMILES string of the molecule is NC1CCCN(CCSC2CC2)CC1. The van der Waals surface area contributed by atoms with E-state index in [0.29, 0.717) is 6.04 Å².